The standard InChI is InChI=1S/C21H13N3O4/c25-21(14-4-2-1-3-5-14)15-6-9-20(19(12-15)24(26)27)28-16-7-8-17-18(13-16)23-11-10-22-17/h1-13H. The summed E-state index contributed by atoms with van der Waals surface area (Å²) >= 11 is 0. The molecular weight excluding hydrogens is 358 g/mol. The molecule has 0 aliphatic heterocycles. The number of carbonyl (C=O) groups is 1. The van der Waals surface area contributed by atoms with Gasteiger partial charge in [0.1, 0.15) is 5.75 Å². The van der Waals surface area contributed by atoms with Crippen molar-refractivity contribution in [2.24, 2.45) is 0 Å². The predicted octanol–water partition coefficient (Wildman–Crippen LogP) is 4.56. The number of benzene rings is 3. The van der Waals surface area contributed by atoms with Gasteiger partial charge >= 0.3 is 5.69 Å². The molecule has 28 heavy (non-hydrogen) atoms. The Morgan fingerprint density at radius 1 is 0.857 bits per heavy atom. The lowest BCUT2D eigenvalue weighted by atomic mass is 10.0. The summed E-state index contributed by atoms with van der Waals surface area (Å²) in [4.78, 5) is 31.9. The molecule has 0 saturated heterocycles. The minimum absolute atomic E-state index is 0.0397. The second kappa shape index (κ2) is 7.24. The molecular formula is C21H13N3O4. The monoisotopic (exact) mass is 371 g/mol. The predicted molar refractivity (Wildman–Crippen MR) is 103 cm³/mol. The van der Waals surface area contributed by atoms with E-state index in [4.69, 9.17) is 4.74 Å². The van der Waals surface area contributed by atoms with Crippen LogP contribution < -0.4 is 4.74 Å². The van der Waals surface area contributed by atoms with E-state index in [9.17, 15) is 14.9 Å². The molecule has 0 aliphatic carbocycles. The average molecular weight is 371 g/mol. The van der Waals surface area contributed by atoms with Crippen molar-refractivity contribution < 1.29 is 14.5 Å². The van der Waals surface area contributed by atoms with E-state index in [1.165, 1.54) is 18.2 Å². The summed E-state index contributed by atoms with van der Waals surface area (Å²) in [6.45, 7) is 0. The summed E-state index contributed by atoms with van der Waals surface area (Å²) in [7, 11) is 0. The SMILES string of the molecule is O=C(c1ccccc1)c1ccc(Oc2ccc3nccnc3c2)c([N+](=O)[O-])c1. The molecule has 0 fully saturated rings. The third-order valence-electron chi connectivity index (χ3n) is 4.12. The molecule has 4 aromatic rings. The van der Waals surface area contributed by atoms with Gasteiger partial charge in [0.15, 0.2) is 5.78 Å². The Bertz CT molecular complexity index is 1190. The molecule has 7 nitrogen and oxygen atoms in total. The van der Waals surface area contributed by atoms with Crippen molar-refractivity contribution in [3.8, 4) is 11.5 Å². The van der Waals surface area contributed by atoms with Gasteiger partial charge in [0.25, 0.3) is 0 Å². The van der Waals surface area contributed by atoms with Gasteiger partial charge < -0.3 is 4.74 Å². The lowest BCUT2D eigenvalue weighted by Crippen LogP contribution is -2.03. The zero-order valence-corrected chi connectivity index (χ0v) is 14.5. The van der Waals surface area contributed by atoms with Crippen LogP contribution in [0.4, 0.5) is 5.69 Å². The molecule has 0 bridgehead atoms. The average Bonchev–Trinajstić information content (AvgIpc) is 2.74. The zero-order chi connectivity index (χ0) is 19.5. The molecule has 0 amide bonds. The van der Waals surface area contributed by atoms with Crippen LogP contribution in [0.3, 0.4) is 0 Å². The van der Waals surface area contributed by atoms with Gasteiger partial charge in [-0.15, -0.1) is 0 Å². The highest BCUT2D eigenvalue weighted by Gasteiger charge is 2.20. The molecule has 0 atom stereocenters. The number of ether oxygens (including phenoxy) is 1. The molecule has 4 rings (SSSR count). The number of ketones is 1. The number of rotatable bonds is 5. The normalized spacial score (nSPS) is 10.6. The van der Waals surface area contributed by atoms with Crippen molar-refractivity contribution in [3.05, 3.63) is 100 Å². The molecule has 7 heteroatoms. The van der Waals surface area contributed by atoms with Crippen LogP contribution in [0.25, 0.3) is 11.0 Å². The van der Waals surface area contributed by atoms with Gasteiger partial charge in [0.2, 0.25) is 5.75 Å². The molecule has 0 radical (unpaired) electrons. The molecule has 0 saturated carbocycles. The van der Waals surface area contributed by atoms with E-state index >= 15 is 0 Å². The van der Waals surface area contributed by atoms with E-state index in [1.807, 2.05) is 0 Å². The number of nitro benzene ring substituents is 1. The van der Waals surface area contributed by atoms with Crippen molar-refractivity contribution in [3.63, 3.8) is 0 Å². The maximum absolute atomic E-state index is 12.6. The largest absolute Gasteiger partial charge is 0.450 e. The third kappa shape index (κ3) is 3.41. The van der Waals surface area contributed by atoms with Gasteiger partial charge in [-0.25, -0.2) is 0 Å². The van der Waals surface area contributed by atoms with Crippen LogP contribution in [0.1, 0.15) is 15.9 Å². The van der Waals surface area contributed by atoms with Gasteiger partial charge in [-0.1, -0.05) is 30.3 Å². The fraction of sp³-hybridized carbons (Fsp3) is 0. The first-order valence-electron chi connectivity index (χ1n) is 8.38. The van der Waals surface area contributed by atoms with Crippen LogP contribution in [0.15, 0.2) is 79.1 Å². The molecule has 0 aliphatic rings. The molecule has 1 heterocycles. The number of aromatic nitrogens is 2. The highest BCUT2D eigenvalue weighted by atomic mass is 16.6. The molecule has 0 spiro atoms. The van der Waals surface area contributed by atoms with Crippen LogP contribution in [0.2, 0.25) is 0 Å². The zero-order valence-electron chi connectivity index (χ0n) is 14.5. The second-order valence-electron chi connectivity index (χ2n) is 5.94. The summed E-state index contributed by atoms with van der Waals surface area (Å²) in [5.41, 5.74) is 1.68. The number of hydrogen-bond acceptors (Lipinski definition) is 6. The maximum atomic E-state index is 12.6. The minimum Gasteiger partial charge on any atom is -0.450 e. The van der Waals surface area contributed by atoms with Crippen LogP contribution >= 0.6 is 0 Å². The smallest absolute Gasteiger partial charge is 0.312 e. The van der Waals surface area contributed by atoms with Crippen LogP contribution in [-0.4, -0.2) is 20.7 Å². The second-order valence-corrected chi connectivity index (χ2v) is 5.94. The lowest BCUT2D eigenvalue weighted by molar-refractivity contribution is -0.385. The quantitative estimate of drug-likeness (QED) is 0.290. The van der Waals surface area contributed by atoms with Crippen molar-refractivity contribution in [2.45, 2.75) is 0 Å². The Hall–Kier alpha value is -4.13. The number of carbonyl (C=O) groups excluding carboxylic acids is 1. The Morgan fingerprint density at radius 3 is 2.36 bits per heavy atom. The summed E-state index contributed by atoms with van der Waals surface area (Å²) in [6.07, 6.45) is 3.13. The van der Waals surface area contributed by atoms with Crippen LogP contribution in [0.5, 0.6) is 11.5 Å². The summed E-state index contributed by atoms with van der Waals surface area (Å²) in [5, 5.41) is 11.5. The Morgan fingerprint density at radius 2 is 1.61 bits per heavy atom. The van der Waals surface area contributed by atoms with E-state index in [0.29, 0.717) is 22.3 Å². The van der Waals surface area contributed by atoms with E-state index in [0.717, 1.165) is 0 Å². The fourth-order valence-corrected chi connectivity index (χ4v) is 2.78. The Labute approximate surface area is 159 Å². The van der Waals surface area contributed by atoms with Crippen LogP contribution in [-0.2, 0) is 0 Å². The number of nitrogens with zero attached hydrogens (tertiary/aromatic N) is 3. The van der Waals surface area contributed by atoms with Gasteiger partial charge in [0, 0.05) is 35.7 Å². The molecule has 0 N–H and O–H groups in total. The highest BCUT2D eigenvalue weighted by molar-refractivity contribution is 6.09. The molecule has 1 aromatic heterocycles. The topological polar surface area (TPSA) is 95.2 Å². The summed E-state index contributed by atoms with van der Waals surface area (Å²) in [5.74, 6) is 0.132. The number of nitro groups is 1. The first-order valence-corrected chi connectivity index (χ1v) is 8.38. The van der Waals surface area contributed by atoms with Gasteiger partial charge in [-0.3, -0.25) is 24.9 Å². The van der Waals surface area contributed by atoms with Gasteiger partial charge in [0.05, 0.1) is 16.0 Å². The first-order chi connectivity index (χ1) is 13.6. The fourth-order valence-electron chi connectivity index (χ4n) is 2.78. The molecule has 3 aromatic carbocycles. The minimum atomic E-state index is -0.571. The molecule has 136 valence electrons. The van der Waals surface area contributed by atoms with Gasteiger partial charge in [-0.05, 0) is 24.3 Å². The van der Waals surface area contributed by atoms with Crippen molar-refractivity contribution in [1.29, 1.82) is 0 Å². The van der Waals surface area contributed by atoms with Crippen molar-refractivity contribution >= 4 is 22.5 Å². The third-order valence-corrected chi connectivity index (χ3v) is 4.12. The van der Waals surface area contributed by atoms with E-state index in [-0.39, 0.29) is 22.8 Å². The summed E-state index contributed by atoms with van der Waals surface area (Å²) in [6, 6.07) is 17.8. The Kier molecular flexibility index (Phi) is 4.47. The van der Waals surface area contributed by atoms with E-state index in [1.54, 1.807) is 60.9 Å². The number of fused-ring (bicyclic) bond motifs is 1. The maximum Gasteiger partial charge on any atom is 0.312 e. The molecule has 0 unspecified atom stereocenters. The number of hydrogen-bond donors (Lipinski definition) is 0. The van der Waals surface area contributed by atoms with Crippen molar-refractivity contribution in [2.75, 3.05) is 0 Å². The lowest BCUT2D eigenvalue weighted by Gasteiger charge is -2.08. The Balaban J connectivity index is 1.68. The summed E-state index contributed by atoms with van der Waals surface area (Å²) < 4.78 is 5.70. The van der Waals surface area contributed by atoms with Gasteiger partial charge in [-0.2, -0.15) is 0 Å². The first kappa shape index (κ1) is 17.3. The van der Waals surface area contributed by atoms with E-state index < -0.39 is 4.92 Å². The highest BCUT2D eigenvalue weighted by Crippen LogP contribution is 2.33. The van der Waals surface area contributed by atoms with Crippen molar-refractivity contribution in [1.82, 2.24) is 9.97 Å². The van der Waals surface area contributed by atoms with Crippen LogP contribution in [0, 0.1) is 10.1 Å². The van der Waals surface area contributed by atoms with E-state index in [2.05, 4.69) is 9.97 Å².